The molecule has 6 nitrogen and oxygen atoms in total. The Balaban J connectivity index is 2.09. The number of aromatic nitrogens is 2. The van der Waals surface area contributed by atoms with Crippen molar-refractivity contribution in [3.8, 4) is 11.1 Å². The Bertz CT molecular complexity index is 1140. The van der Waals surface area contributed by atoms with Crippen molar-refractivity contribution in [3.05, 3.63) is 81.8 Å². The van der Waals surface area contributed by atoms with Gasteiger partial charge in [0, 0.05) is 18.2 Å². The van der Waals surface area contributed by atoms with Crippen LogP contribution in [0.3, 0.4) is 0 Å². The molecule has 0 fully saturated rings. The first-order valence-corrected chi connectivity index (χ1v) is 9.24. The van der Waals surface area contributed by atoms with Crippen LogP contribution in [0.15, 0.2) is 53.5 Å². The Kier molecular flexibility index (Phi) is 5.96. The SMILES string of the molecule is CC(C)(C)OC(=O)Nc1ccc(-c2ccn[nH]c2=O)c(Cc2ccccc2F)c1F. The van der Waals surface area contributed by atoms with Crippen molar-refractivity contribution in [3.63, 3.8) is 0 Å². The van der Waals surface area contributed by atoms with Gasteiger partial charge in [0.25, 0.3) is 5.56 Å². The Labute approximate surface area is 171 Å². The topological polar surface area (TPSA) is 84.1 Å². The van der Waals surface area contributed by atoms with Gasteiger partial charge in [-0.3, -0.25) is 10.1 Å². The maximum atomic E-state index is 15.4. The molecule has 2 N–H and O–H groups in total. The van der Waals surface area contributed by atoms with Crippen molar-refractivity contribution in [2.45, 2.75) is 32.8 Å². The monoisotopic (exact) mass is 413 g/mol. The molecule has 2 aromatic carbocycles. The van der Waals surface area contributed by atoms with Gasteiger partial charge in [-0.1, -0.05) is 24.3 Å². The lowest BCUT2D eigenvalue weighted by Gasteiger charge is -2.20. The van der Waals surface area contributed by atoms with Crippen molar-refractivity contribution < 1.29 is 18.3 Å². The molecule has 0 saturated heterocycles. The molecule has 0 aliphatic carbocycles. The van der Waals surface area contributed by atoms with Crippen molar-refractivity contribution in [1.29, 1.82) is 0 Å². The molecule has 156 valence electrons. The lowest BCUT2D eigenvalue weighted by atomic mass is 9.94. The van der Waals surface area contributed by atoms with E-state index in [2.05, 4.69) is 15.5 Å². The van der Waals surface area contributed by atoms with Crippen LogP contribution >= 0.6 is 0 Å². The van der Waals surface area contributed by atoms with Gasteiger partial charge in [-0.25, -0.2) is 18.7 Å². The normalized spacial score (nSPS) is 11.2. The van der Waals surface area contributed by atoms with Gasteiger partial charge in [-0.15, -0.1) is 0 Å². The van der Waals surface area contributed by atoms with Crippen molar-refractivity contribution in [1.82, 2.24) is 10.2 Å². The number of benzene rings is 2. The van der Waals surface area contributed by atoms with Gasteiger partial charge in [0.2, 0.25) is 0 Å². The van der Waals surface area contributed by atoms with E-state index in [9.17, 15) is 14.0 Å². The fourth-order valence-corrected chi connectivity index (χ4v) is 2.94. The largest absolute Gasteiger partial charge is 0.444 e. The number of halogens is 2. The molecule has 0 radical (unpaired) electrons. The van der Waals surface area contributed by atoms with Gasteiger partial charge in [0.1, 0.15) is 11.4 Å². The molecule has 1 amide bonds. The fraction of sp³-hybridized carbons (Fsp3) is 0.227. The first-order valence-electron chi connectivity index (χ1n) is 9.24. The van der Waals surface area contributed by atoms with Crippen LogP contribution in [0.4, 0.5) is 19.3 Å². The van der Waals surface area contributed by atoms with Crippen molar-refractivity contribution >= 4 is 11.8 Å². The number of hydrogen-bond acceptors (Lipinski definition) is 4. The number of nitrogens with zero attached hydrogens (tertiary/aromatic N) is 1. The highest BCUT2D eigenvalue weighted by molar-refractivity contribution is 5.86. The minimum atomic E-state index is -0.826. The summed E-state index contributed by atoms with van der Waals surface area (Å²) in [7, 11) is 0. The second kappa shape index (κ2) is 8.44. The standard InChI is InChI=1S/C22H21F2N3O3/c1-22(2,3)30-21(29)26-18-9-8-14(15-10-11-25-27-20(15)28)16(19(18)24)12-13-6-4-5-7-17(13)23/h4-11H,12H2,1-3H3,(H,26,29)(H,27,28). The number of ether oxygens (including phenoxy) is 1. The van der Waals surface area contributed by atoms with E-state index >= 15 is 4.39 Å². The number of rotatable bonds is 4. The van der Waals surface area contributed by atoms with Gasteiger partial charge in [0.15, 0.2) is 5.82 Å². The van der Waals surface area contributed by atoms with E-state index in [1.54, 1.807) is 26.8 Å². The zero-order valence-corrected chi connectivity index (χ0v) is 16.8. The molecule has 30 heavy (non-hydrogen) atoms. The molecule has 8 heteroatoms. The van der Waals surface area contributed by atoms with E-state index in [1.807, 2.05) is 0 Å². The van der Waals surface area contributed by atoms with Crippen LogP contribution in [-0.4, -0.2) is 21.9 Å². The highest BCUT2D eigenvalue weighted by atomic mass is 19.1. The number of amides is 1. The van der Waals surface area contributed by atoms with Crippen molar-refractivity contribution in [2.75, 3.05) is 5.32 Å². The van der Waals surface area contributed by atoms with E-state index in [4.69, 9.17) is 4.74 Å². The molecule has 0 bridgehead atoms. The number of H-pyrrole nitrogens is 1. The van der Waals surface area contributed by atoms with Crippen LogP contribution in [-0.2, 0) is 11.2 Å². The molecule has 1 heterocycles. The number of carbonyl (C=O) groups is 1. The lowest BCUT2D eigenvalue weighted by molar-refractivity contribution is 0.0635. The molecule has 3 aromatic rings. The summed E-state index contributed by atoms with van der Waals surface area (Å²) >= 11 is 0. The quantitative estimate of drug-likeness (QED) is 0.652. The molecular formula is C22H21F2N3O3. The predicted octanol–water partition coefficient (Wildman–Crippen LogP) is 4.65. The van der Waals surface area contributed by atoms with E-state index in [1.165, 1.54) is 42.6 Å². The lowest BCUT2D eigenvalue weighted by Crippen LogP contribution is -2.27. The smallest absolute Gasteiger partial charge is 0.412 e. The maximum absolute atomic E-state index is 15.4. The number of nitrogens with one attached hydrogen (secondary N) is 2. The number of hydrogen-bond donors (Lipinski definition) is 2. The molecule has 0 atom stereocenters. The number of anilines is 1. The van der Waals surface area contributed by atoms with Crippen LogP contribution in [0.1, 0.15) is 31.9 Å². The Morgan fingerprint density at radius 1 is 1.10 bits per heavy atom. The molecule has 0 unspecified atom stereocenters. The van der Waals surface area contributed by atoms with Crippen LogP contribution in [0.5, 0.6) is 0 Å². The molecule has 0 spiro atoms. The van der Waals surface area contributed by atoms with Crippen LogP contribution in [0.25, 0.3) is 11.1 Å². The fourth-order valence-electron chi connectivity index (χ4n) is 2.94. The third-order valence-electron chi connectivity index (χ3n) is 4.22. The minimum absolute atomic E-state index is 0.0605. The third kappa shape index (κ3) is 4.89. The molecule has 3 rings (SSSR count). The van der Waals surface area contributed by atoms with E-state index in [-0.39, 0.29) is 34.4 Å². The molecule has 0 saturated carbocycles. The first-order chi connectivity index (χ1) is 14.2. The zero-order chi connectivity index (χ0) is 21.9. The predicted molar refractivity (Wildman–Crippen MR) is 109 cm³/mol. The van der Waals surface area contributed by atoms with Crippen LogP contribution in [0, 0.1) is 11.6 Å². The summed E-state index contributed by atoms with van der Waals surface area (Å²) in [5.41, 5.74) is -0.652. The Morgan fingerprint density at radius 2 is 1.83 bits per heavy atom. The summed E-state index contributed by atoms with van der Waals surface area (Å²) in [4.78, 5) is 24.3. The van der Waals surface area contributed by atoms with Gasteiger partial charge in [0.05, 0.1) is 11.3 Å². The van der Waals surface area contributed by atoms with Gasteiger partial charge < -0.3 is 4.74 Å². The Morgan fingerprint density at radius 3 is 2.50 bits per heavy atom. The van der Waals surface area contributed by atoms with E-state index in [0.717, 1.165) is 0 Å². The molecule has 0 aliphatic rings. The van der Waals surface area contributed by atoms with E-state index < -0.39 is 28.9 Å². The zero-order valence-electron chi connectivity index (χ0n) is 16.8. The molecule has 1 aromatic heterocycles. The minimum Gasteiger partial charge on any atom is -0.444 e. The van der Waals surface area contributed by atoms with Gasteiger partial charge in [-0.05, 0) is 50.1 Å². The highest BCUT2D eigenvalue weighted by Gasteiger charge is 2.21. The summed E-state index contributed by atoms with van der Waals surface area (Å²) < 4.78 is 34.8. The summed E-state index contributed by atoms with van der Waals surface area (Å²) in [6.07, 6.45) is 0.418. The van der Waals surface area contributed by atoms with Gasteiger partial charge >= 0.3 is 6.09 Å². The second-order valence-corrected chi connectivity index (χ2v) is 7.65. The average molecular weight is 413 g/mol. The second-order valence-electron chi connectivity index (χ2n) is 7.65. The first kappa shape index (κ1) is 21.2. The highest BCUT2D eigenvalue weighted by Crippen LogP contribution is 2.31. The summed E-state index contributed by atoms with van der Waals surface area (Å²) in [5.74, 6) is -1.28. The molecule has 0 aliphatic heterocycles. The Hall–Kier alpha value is -3.55. The summed E-state index contributed by atoms with van der Waals surface area (Å²) in [5, 5.41) is 8.32. The number of carbonyl (C=O) groups excluding carboxylic acids is 1. The third-order valence-corrected chi connectivity index (χ3v) is 4.22. The number of aromatic amines is 1. The summed E-state index contributed by atoms with van der Waals surface area (Å²) in [6.45, 7) is 5.06. The molecular weight excluding hydrogens is 392 g/mol. The van der Waals surface area contributed by atoms with Crippen molar-refractivity contribution in [2.24, 2.45) is 0 Å². The van der Waals surface area contributed by atoms with E-state index in [0.29, 0.717) is 0 Å². The summed E-state index contributed by atoms with van der Waals surface area (Å²) in [6, 6.07) is 10.2. The van der Waals surface area contributed by atoms with Gasteiger partial charge in [-0.2, -0.15) is 5.10 Å². The van der Waals surface area contributed by atoms with Crippen LogP contribution < -0.4 is 10.9 Å². The average Bonchev–Trinajstić information content (AvgIpc) is 2.66. The maximum Gasteiger partial charge on any atom is 0.412 e. The van der Waals surface area contributed by atoms with Crippen LogP contribution in [0.2, 0.25) is 0 Å².